The molecule has 0 spiro atoms. The molecule has 4 nitrogen and oxygen atoms in total. The molecule has 2 N–H and O–H groups in total. The minimum Gasteiger partial charge on any atom is -0.383 e. The van der Waals surface area contributed by atoms with E-state index in [9.17, 15) is 0 Å². The van der Waals surface area contributed by atoms with E-state index in [1.54, 1.807) is 7.11 Å². The van der Waals surface area contributed by atoms with E-state index < -0.39 is 5.60 Å². The molecule has 112 valence electrons. The Balaban J connectivity index is 2.64. The van der Waals surface area contributed by atoms with E-state index in [-0.39, 0.29) is 0 Å². The van der Waals surface area contributed by atoms with Crippen LogP contribution in [0, 0.1) is 3.57 Å². The van der Waals surface area contributed by atoms with Gasteiger partial charge in [0.1, 0.15) is 11.4 Å². The van der Waals surface area contributed by atoms with Gasteiger partial charge in [0.2, 0.25) is 0 Å². The Morgan fingerprint density at radius 2 is 1.76 bits per heavy atom. The second-order valence-corrected chi connectivity index (χ2v) is 5.95. The van der Waals surface area contributed by atoms with Crippen molar-refractivity contribution in [1.82, 2.24) is 9.97 Å². The third kappa shape index (κ3) is 3.03. The molecule has 0 amide bonds. The third-order valence-electron chi connectivity index (χ3n) is 3.86. The first-order valence-corrected chi connectivity index (χ1v) is 8.10. The van der Waals surface area contributed by atoms with Crippen LogP contribution in [0.3, 0.4) is 0 Å². The lowest BCUT2D eigenvalue weighted by molar-refractivity contribution is -0.0289. The second-order valence-electron chi connectivity index (χ2n) is 4.87. The van der Waals surface area contributed by atoms with Crippen molar-refractivity contribution in [2.45, 2.75) is 32.3 Å². The highest BCUT2D eigenvalue weighted by Gasteiger charge is 2.32. The molecule has 0 aliphatic carbocycles. The normalized spacial score (nSPS) is 11.6. The predicted octanol–water partition coefficient (Wildman–Crippen LogP) is 3.99. The molecule has 0 aliphatic rings. The number of hydrogen-bond acceptors (Lipinski definition) is 4. The first-order chi connectivity index (χ1) is 10.1. The summed E-state index contributed by atoms with van der Waals surface area (Å²) in [5, 5.41) is 0. The van der Waals surface area contributed by atoms with E-state index in [1.807, 2.05) is 30.3 Å². The zero-order chi connectivity index (χ0) is 15.5. The Kier molecular flexibility index (Phi) is 5.16. The van der Waals surface area contributed by atoms with E-state index in [0.29, 0.717) is 11.6 Å². The van der Waals surface area contributed by atoms with Crippen molar-refractivity contribution >= 4 is 28.4 Å². The predicted molar refractivity (Wildman–Crippen MR) is 93.9 cm³/mol. The summed E-state index contributed by atoms with van der Waals surface area (Å²) in [5.41, 5.74) is 7.52. The molecule has 1 heterocycles. The van der Waals surface area contributed by atoms with E-state index in [2.05, 4.69) is 41.4 Å². The largest absolute Gasteiger partial charge is 0.383 e. The van der Waals surface area contributed by atoms with Crippen molar-refractivity contribution in [3.05, 3.63) is 39.7 Å². The number of benzene rings is 1. The highest BCUT2D eigenvalue weighted by molar-refractivity contribution is 14.1. The number of methoxy groups -OCH3 is 1. The Morgan fingerprint density at radius 3 is 2.29 bits per heavy atom. The third-order valence-corrected chi connectivity index (χ3v) is 4.93. The molecule has 0 bridgehead atoms. The van der Waals surface area contributed by atoms with Gasteiger partial charge < -0.3 is 10.5 Å². The van der Waals surface area contributed by atoms with Crippen molar-refractivity contribution in [1.29, 1.82) is 0 Å². The van der Waals surface area contributed by atoms with Gasteiger partial charge in [-0.05, 0) is 35.4 Å². The SMILES string of the molecule is CCC(CC)(OC)c1nc(N)c(I)c(-c2ccccc2)n1. The van der Waals surface area contributed by atoms with Gasteiger partial charge >= 0.3 is 0 Å². The fourth-order valence-electron chi connectivity index (χ4n) is 2.40. The summed E-state index contributed by atoms with van der Waals surface area (Å²) >= 11 is 2.20. The summed E-state index contributed by atoms with van der Waals surface area (Å²) in [4.78, 5) is 9.24. The van der Waals surface area contributed by atoms with Gasteiger partial charge in [-0.25, -0.2) is 9.97 Å². The van der Waals surface area contributed by atoms with Crippen LogP contribution in [0.15, 0.2) is 30.3 Å². The minimum atomic E-state index is -0.484. The molecule has 0 saturated carbocycles. The summed E-state index contributed by atoms with van der Waals surface area (Å²) in [5.74, 6) is 1.16. The Hall–Kier alpha value is -1.21. The highest BCUT2D eigenvalue weighted by atomic mass is 127. The minimum absolute atomic E-state index is 0.484. The van der Waals surface area contributed by atoms with Gasteiger partial charge in [-0.15, -0.1) is 0 Å². The van der Waals surface area contributed by atoms with Crippen LogP contribution < -0.4 is 5.73 Å². The standard InChI is InChI=1S/C16H20IN3O/c1-4-16(5-2,21-3)15-19-13(12(17)14(18)20-15)11-9-7-6-8-10-11/h6-10H,4-5H2,1-3H3,(H2,18,19,20). The van der Waals surface area contributed by atoms with Gasteiger partial charge in [-0.2, -0.15) is 0 Å². The first kappa shape index (κ1) is 16.2. The number of aromatic nitrogens is 2. The summed E-state index contributed by atoms with van der Waals surface area (Å²) < 4.78 is 6.60. The van der Waals surface area contributed by atoms with Crippen molar-refractivity contribution < 1.29 is 4.74 Å². The Labute approximate surface area is 139 Å². The number of nitrogen functional groups attached to an aromatic ring is 1. The Morgan fingerprint density at radius 1 is 1.14 bits per heavy atom. The topological polar surface area (TPSA) is 61.0 Å². The van der Waals surface area contributed by atoms with E-state index >= 15 is 0 Å². The molecule has 0 fully saturated rings. The summed E-state index contributed by atoms with van der Waals surface area (Å²) in [6, 6.07) is 10.0. The lowest BCUT2D eigenvalue weighted by atomic mass is 9.95. The van der Waals surface area contributed by atoms with E-state index in [0.717, 1.165) is 27.7 Å². The lowest BCUT2D eigenvalue weighted by Crippen LogP contribution is -2.30. The smallest absolute Gasteiger partial charge is 0.163 e. The molecule has 2 rings (SSSR count). The van der Waals surface area contributed by atoms with Crippen LogP contribution in [0.2, 0.25) is 0 Å². The van der Waals surface area contributed by atoms with Crippen molar-refractivity contribution in [3.8, 4) is 11.3 Å². The maximum atomic E-state index is 6.11. The number of rotatable bonds is 5. The van der Waals surface area contributed by atoms with Gasteiger partial charge in [-0.3, -0.25) is 0 Å². The Bertz CT molecular complexity index is 604. The second kappa shape index (κ2) is 6.70. The van der Waals surface area contributed by atoms with Crippen LogP contribution in [0.5, 0.6) is 0 Å². The molecule has 2 aromatic rings. The number of halogens is 1. The number of nitrogens with zero attached hydrogens (tertiary/aromatic N) is 2. The van der Waals surface area contributed by atoms with Gasteiger partial charge in [-0.1, -0.05) is 44.2 Å². The zero-order valence-corrected chi connectivity index (χ0v) is 14.7. The quantitative estimate of drug-likeness (QED) is 0.776. The van der Waals surface area contributed by atoms with Crippen LogP contribution in [0.4, 0.5) is 5.82 Å². The molecule has 21 heavy (non-hydrogen) atoms. The maximum Gasteiger partial charge on any atom is 0.163 e. The van der Waals surface area contributed by atoms with Gasteiger partial charge in [0.05, 0.1) is 9.26 Å². The van der Waals surface area contributed by atoms with Crippen LogP contribution in [0.1, 0.15) is 32.5 Å². The molecule has 0 radical (unpaired) electrons. The van der Waals surface area contributed by atoms with Gasteiger partial charge in [0.15, 0.2) is 5.82 Å². The summed E-state index contributed by atoms with van der Waals surface area (Å²) in [6.07, 6.45) is 1.60. The van der Waals surface area contributed by atoms with E-state index in [1.165, 1.54) is 0 Å². The summed E-state index contributed by atoms with van der Waals surface area (Å²) in [7, 11) is 1.70. The molecule has 1 aromatic heterocycles. The molecule has 5 heteroatoms. The molecule has 0 aliphatic heterocycles. The number of anilines is 1. The number of nitrogens with two attached hydrogens (primary N) is 1. The number of hydrogen-bond donors (Lipinski definition) is 1. The average molecular weight is 397 g/mol. The van der Waals surface area contributed by atoms with Crippen molar-refractivity contribution in [2.75, 3.05) is 12.8 Å². The van der Waals surface area contributed by atoms with Crippen molar-refractivity contribution in [2.24, 2.45) is 0 Å². The number of ether oxygens (including phenoxy) is 1. The van der Waals surface area contributed by atoms with E-state index in [4.69, 9.17) is 15.5 Å². The monoisotopic (exact) mass is 397 g/mol. The van der Waals surface area contributed by atoms with Gasteiger partial charge in [0.25, 0.3) is 0 Å². The molecule has 0 atom stereocenters. The van der Waals surface area contributed by atoms with Crippen LogP contribution >= 0.6 is 22.6 Å². The molecular formula is C16H20IN3O. The zero-order valence-electron chi connectivity index (χ0n) is 12.6. The molecular weight excluding hydrogens is 377 g/mol. The van der Waals surface area contributed by atoms with Crippen LogP contribution in [-0.4, -0.2) is 17.1 Å². The molecule has 0 saturated heterocycles. The summed E-state index contributed by atoms with van der Waals surface area (Å²) in [6.45, 7) is 4.15. The fraction of sp³-hybridized carbons (Fsp3) is 0.375. The fourth-order valence-corrected chi connectivity index (χ4v) is 2.95. The lowest BCUT2D eigenvalue weighted by Gasteiger charge is -2.29. The van der Waals surface area contributed by atoms with Crippen LogP contribution in [-0.2, 0) is 10.3 Å². The van der Waals surface area contributed by atoms with Crippen LogP contribution in [0.25, 0.3) is 11.3 Å². The average Bonchev–Trinajstić information content (AvgIpc) is 2.53. The van der Waals surface area contributed by atoms with Crippen molar-refractivity contribution in [3.63, 3.8) is 0 Å². The molecule has 1 aromatic carbocycles. The van der Waals surface area contributed by atoms with Gasteiger partial charge in [0, 0.05) is 12.7 Å². The maximum absolute atomic E-state index is 6.11. The first-order valence-electron chi connectivity index (χ1n) is 7.02. The molecule has 0 unspecified atom stereocenters. The highest BCUT2D eigenvalue weighted by Crippen LogP contribution is 2.34.